The fourth-order valence-electron chi connectivity index (χ4n) is 2.64. The first-order valence-corrected chi connectivity index (χ1v) is 7.83. The van der Waals surface area contributed by atoms with Crippen molar-refractivity contribution in [2.75, 3.05) is 5.73 Å². The number of nitrogen functional groups attached to an aromatic ring is 1. The number of aromatic nitrogens is 4. The molecule has 134 valence electrons. The standard InChI is InChI=1S/C16H17N7O3/c1-9-13(10(2)22-16(19-9)20-15(17)21-22)7-14(24)18-8-11-3-5-12(6-4-11)23(25)26/h3-6H,7-8H2,1-2H3,(H2,17,21)(H,18,24). The lowest BCUT2D eigenvalue weighted by Gasteiger charge is -2.10. The smallest absolute Gasteiger partial charge is 0.269 e. The second kappa shape index (κ2) is 6.75. The molecule has 2 aromatic heterocycles. The fraction of sp³-hybridized carbons (Fsp3) is 0.250. The van der Waals surface area contributed by atoms with Crippen LogP contribution in [-0.2, 0) is 17.8 Å². The van der Waals surface area contributed by atoms with Crippen molar-refractivity contribution in [3.63, 3.8) is 0 Å². The Hall–Kier alpha value is -3.56. The van der Waals surface area contributed by atoms with E-state index in [1.165, 1.54) is 16.6 Å². The highest BCUT2D eigenvalue weighted by molar-refractivity contribution is 5.79. The number of rotatable bonds is 5. The summed E-state index contributed by atoms with van der Waals surface area (Å²) in [5, 5.41) is 17.5. The Bertz CT molecular complexity index is 995. The molecule has 3 rings (SSSR count). The number of benzene rings is 1. The summed E-state index contributed by atoms with van der Waals surface area (Å²) in [6.07, 6.45) is 0.132. The van der Waals surface area contributed by atoms with E-state index in [-0.39, 0.29) is 30.5 Å². The van der Waals surface area contributed by atoms with Crippen LogP contribution < -0.4 is 11.1 Å². The number of fused-ring (bicyclic) bond motifs is 1. The van der Waals surface area contributed by atoms with Crippen LogP contribution in [0.3, 0.4) is 0 Å². The number of hydrogen-bond acceptors (Lipinski definition) is 7. The minimum Gasteiger partial charge on any atom is -0.366 e. The van der Waals surface area contributed by atoms with Crippen LogP contribution in [-0.4, -0.2) is 30.4 Å². The van der Waals surface area contributed by atoms with Crippen LogP contribution >= 0.6 is 0 Å². The summed E-state index contributed by atoms with van der Waals surface area (Å²) in [6.45, 7) is 3.91. The van der Waals surface area contributed by atoms with E-state index in [0.717, 1.165) is 16.8 Å². The van der Waals surface area contributed by atoms with Gasteiger partial charge >= 0.3 is 0 Å². The summed E-state index contributed by atoms with van der Waals surface area (Å²) in [5.74, 6) is 0.330. The summed E-state index contributed by atoms with van der Waals surface area (Å²) < 4.78 is 1.52. The van der Waals surface area contributed by atoms with Gasteiger partial charge in [0.1, 0.15) is 0 Å². The molecule has 3 aromatic rings. The van der Waals surface area contributed by atoms with Crippen LogP contribution in [0.15, 0.2) is 24.3 Å². The molecule has 2 heterocycles. The summed E-state index contributed by atoms with van der Waals surface area (Å²) in [7, 11) is 0. The van der Waals surface area contributed by atoms with Gasteiger partial charge in [-0.3, -0.25) is 14.9 Å². The van der Waals surface area contributed by atoms with Crippen LogP contribution in [0.4, 0.5) is 11.6 Å². The normalized spacial score (nSPS) is 10.8. The zero-order valence-corrected chi connectivity index (χ0v) is 14.3. The van der Waals surface area contributed by atoms with E-state index in [2.05, 4.69) is 20.4 Å². The van der Waals surface area contributed by atoms with Crippen molar-refractivity contribution in [1.82, 2.24) is 24.9 Å². The highest BCUT2D eigenvalue weighted by Gasteiger charge is 2.15. The molecule has 3 N–H and O–H groups in total. The lowest BCUT2D eigenvalue weighted by Crippen LogP contribution is -2.25. The number of nitro benzene ring substituents is 1. The molecule has 0 unspecified atom stereocenters. The van der Waals surface area contributed by atoms with E-state index in [4.69, 9.17) is 5.73 Å². The van der Waals surface area contributed by atoms with Crippen LogP contribution in [0.2, 0.25) is 0 Å². The molecule has 0 aliphatic carbocycles. The lowest BCUT2D eigenvalue weighted by molar-refractivity contribution is -0.384. The quantitative estimate of drug-likeness (QED) is 0.515. The van der Waals surface area contributed by atoms with Crippen molar-refractivity contribution in [3.8, 4) is 0 Å². The van der Waals surface area contributed by atoms with Gasteiger partial charge in [-0.1, -0.05) is 12.1 Å². The molecule has 0 atom stereocenters. The van der Waals surface area contributed by atoms with Crippen LogP contribution in [0, 0.1) is 24.0 Å². The first-order chi connectivity index (χ1) is 12.3. The predicted octanol–water partition coefficient (Wildman–Crippen LogP) is 1.09. The van der Waals surface area contributed by atoms with Crippen LogP contribution in [0.1, 0.15) is 22.5 Å². The van der Waals surface area contributed by atoms with Crippen molar-refractivity contribution in [2.24, 2.45) is 0 Å². The third-order valence-corrected chi connectivity index (χ3v) is 4.04. The van der Waals surface area contributed by atoms with Crippen molar-refractivity contribution in [1.29, 1.82) is 0 Å². The van der Waals surface area contributed by atoms with Gasteiger partial charge in [-0.15, -0.1) is 5.10 Å². The second-order valence-electron chi connectivity index (χ2n) is 5.82. The summed E-state index contributed by atoms with van der Waals surface area (Å²) in [6, 6.07) is 6.03. The fourth-order valence-corrected chi connectivity index (χ4v) is 2.64. The number of nitrogens with two attached hydrogens (primary N) is 1. The number of hydrogen-bond donors (Lipinski definition) is 2. The molecule has 0 aliphatic rings. The minimum atomic E-state index is -0.464. The minimum absolute atomic E-state index is 0.0119. The van der Waals surface area contributed by atoms with E-state index in [9.17, 15) is 14.9 Å². The zero-order valence-electron chi connectivity index (χ0n) is 14.3. The Kier molecular flexibility index (Phi) is 4.48. The summed E-state index contributed by atoms with van der Waals surface area (Å²) in [5.41, 5.74) is 8.58. The van der Waals surface area contributed by atoms with E-state index >= 15 is 0 Å². The Morgan fingerprint density at radius 1 is 1.27 bits per heavy atom. The number of nitrogens with one attached hydrogen (secondary N) is 1. The first kappa shape index (κ1) is 17.3. The van der Waals surface area contributed by atoms with Gasteiger partial charge in [0.25, 0.3) is 11.5 Å². The number of nitro groups is 1. The van der Waals surface area contributed by atoms with E-state index < -0.39 is 4.92 Å². The van der Waals surface area contributed by atoms with Gasteiger partial charge in [0.15, 0.2) is 0 Å². The van der Waals surface area contributed by atoms with Crippen LogP contribution in [0.5, 0.6) is 0 Å². The number of amides is 1. The Morgan fingerprint density at radius 3 is 2.62 bits per heavy atom. The molecule has 26 heavy (non-hydrogen) atoms. The predicted molar refractivity (Wildman–Crippen MR) is 93.3 cm³/mol. The third kappa shape index (κ3) is 3.43. The molecule has 0 bridgehead atoms. The van der Waals surface area contributed by atoms with Gasteiger partial charge in [0.05, 0.1) is 11.3 Å². The number of carbonyl (C=O) groups is 1. The first-order valence-electron chi connectivity index (χ1n) is 7.83. The largest absolute Gasteiger partial charge is 0.366 e. The number of anilines is 1. The molecular formula is C16H17N7O3. The maximum Gasteiger partial charge on any atom is 0.269 e. The highest BCUT2D eigenvalue weighted by atomic mass is 16.6. The monoisotopic (exact) mass is 355 g/mol. The number of carbonyl (C=O) groups excluding carboxylic acids is 1. The molecule has 1 amide bonds. The van der Waals surface area contributed by atoms with Gasteiger partial charge in [0.2, 0.25) is 11.9 Å². The van der Waals surface area contributed by atoms with Crippen LogP contribution in [0.25, 0.3) is 5.78 Å². The van der Waals surface area contributed by atoms with Gasteiger partial charge in [-0.05, 0) is 19.4 Å². The molecule has 0 spiro atoms. The molecule has 0 radical (unpaired) electrons. The maximum absolute atomic E-state index is 12.3. The molecule has 0 saturated carbocycles. The zero-order chi connectivity index (χ0) is 18.8. The average Bonchev–Trinajstić information content (AvgIpc) is 2.97. The Morgan fingerprint density at radius 2 is 1.96 bits per heavy atom. The summed E-state index contributed by atoms with van der Waals surface area (Å²) >= 11 is 0. The van der Waals surface area contributed by atoms with Gasteiger partial charge in [-0.2, -0.15) is 9.50 Å². The van der Waals surface area contributed by atoms with Crippen molar-refractivity contribution in [3.05, 3.63) is 56.9 Å². The molecule has 0 fully saturated rings. The molecule has 0 aliphatic heterocycles. The van der Waals surface area contributed by atoms with E-state index in [0.29, 0.717) is 11.5 Å². The van der Waals surface area contributed by atoms with Crippen molar-refractivity contribution < 1.29 is 9.72 Å². The Balaban J connectivity index is 1.70. The van der Waals surface area contributed by atoms with Crippen molar-refractivity contribution >= 4 is 23.3 Å². The maximum atomic E-state index is 12.3. The highest BCUT2D eigenvalue weighted by Crippen LogP contribution is 2.15. The SMILES string of the molecule is Cc1nc2nc(N)nn2c(C)c1CC(=O)NCc1ccc([N+](=O)[O-])cc1. The second-order valence-corrected chi connectivity index (χ2v) is 5.82. The number of non-ortho nitro benzene ring substituents is 1. The topological polar surface area (TPSA) is 141 Å². The average molecular weight is 355 g/mol. The lowest BCUT2D eigenvalue weighted by atomic mass is 10.1. The van der Waals surface area contributed by atoms with E-state index in [1.807, 2.05) is 6.92 Å². The molecular weight excluding hydrogens is 338 g/mol. The van der Waals surface area contributed by atoms with Gasteiger partial charge in [0, 0.05) is 35.6 Å². The molecule has 10 heteroatoms. The number of nitrogens with zero attached hydrogens (tertiary/aromatic N) is 5. The van der Waals surface area contributed by atoms with Crippen molar-refractivity contribution in [2.45, 2.75) is 26.8 Å². The van der Waals surface area contributed by atoms with E-state index in [1.54, 1.807) is 19.1 Å². The molecule has 10 nitrogen and oxygen atoms in total. The molecule has 1 aromatic carbocycles. The number of aryl methyl sites for hydroxylation is 2. The summed E-state index contributed by atoms with van der Waals surface area (Å²) in [4.78, 5) is 30.8. The Labute approximate surface area is 148 Å². The van der Waals surface area contributed by atoms with Gasteiger partial charge < -0.3 is 11.1 Å². The van der Waals surface area contributed by atoms with Gasteiger partial charge in [-0.25, -0.2) is 4.98 Å². The molecule has 0 saturated heterocycles. The third-order valence-electron chi connectivity index (χ3n) is 4.04.